The molecule has 1 aliphatic carbocycles. The van der Waals surface area contributed by atoms with Crippen molar-refractivity contribution in [1.82, 2.24) is 4.90 Å². The van der Waals surface area contributed by atoms with Crippen LogP contribution in [0.4, 0.5) is 0 Å². The molecule has 0 atom stereocenters. The molecule has 1 spiro atoms. The van der Waals surface area contributed by atoms with Crippen molar-refractivity contribution in [3.05, 3.63) is 16.3 Å². The van der Waals surface area contributed by atoms with E-state index in [4.69, 9.17) is 0 Å². The molecule has 3 rings (SSSR count). The summed E-state index contributed by atoms with van der Waals surface area (Å²) in [7, 11) is 0. The molecule has 1 aromatic rings. The van der Waals surface area contributed by atoms with Gasteiger partial charge in [-0.2, -0.15) is 0 Å². The van der Waals surface area contributed by atoms with Crippen molar-refractivity contribution in [2.45, 2.75) is 43.4 Å². The van der Waals surface area contributed by atoms with Crippen molar-refractivity contribution in [2.24, 2.45) is 5.41 Å². The van der Waals surface area contributed by atoms with Gasteiger partial charge in [0, 0.05) is 23.4 Å². The van der Waals surface area contributed by atoms with Crippen LogP contribution in [0.1, 0.15) is 48.2 Å². The maximum Gasteiger partial charge on any atom is 0.263 e. The summed E-state index contributed by atoms with van der Waals surface area (Å²) in [5.74, 6) is 0.202. The van der Waals surface area contributed by atoms with Gasteiger partial charge in [0.05, 0.1) is 4.88 Å². The van der Waals surface area contributed by atoms with Crippen LogP contribution in [-0.2, 0) is 0 Å². The Labute approximate surface area is 118 Å². The molecule has 1 aliphatic heterocycles. The molecule has 0 aromatic carbocycles. The van der Waals surface area contributed by atoms with Gasteiger partial charge in [0.25, 0.3) is 5.91 Å². The van der Waals surface area contributed by atoms with Gasteiger partial charge in [-0.25, -0.2) is 0 Å². The first-order valence-corrected chi connectivity index (χ1v) is 8.08. The van der Waals surface area contributed by atoms with E-state index in [0.29, 0.717) is 5.41 Å². The highest BCUT2D eigenvalue weighted by molar-refractivity contribution is 7.80. The second-order valence-corrected chi connectivity index (χ2v) is 7.10. The summed E-state index contributed by atoms with van der Waals surface area (Å²) in [6, 6.07) is 1.88. The molecular weight excluding hydrogens is 262 g/mol. The van der Waals surface area contributed by atoms with Gasteiger partial charge in [0.2, 0.25) is 0 Å². The number of nitrogens with zero attached hydrogens (tertiary/aromatic N) is 1. The summed E-state index contributed by atoms with van der Waals surface area (Å²) < 4.78 is 0. The number of amides is 1. The SMILES string of the molecule is O=C(c1cc(S)cs1)N1CCC2(CCCC2)CC1. The van der Waals surface area contributed by atoms with E-state index in [-0.39, 0.29) is 5.91 Å². The number of hydrogen-bond acceptors (Lipinski definition) is 3. The third-order valence-electron chi connectivity index (χ3n) is 4.57. The second-order valence-electron chi connectivity index (χ2n) is 5.67. The van der Waals surface area contributed by atoms with E-state index in [1.54, 1.807) is 0 Å². The maximum atomic E-state index is 12.3. The molecular formula is C14H19NOS2. The minimum atomic E-state index is 0.202. The first-order valence-electron chi connectivity index (χ1n) is 6.75. The van der Waals surface area contributed by atoms with Crippen LogP contribution in [0.3, 0.4) is 0 Å². The number of carbonyl (C=O) groups is 1. The first-order chi connectivity index (χ1) is 8.69. The van der Waals surface area contributed by atoms with Crippen molar-refractivity contribution in [1.29, 1.82) is 0 Å². The molecule has 18 heavy (non-hydrogen) atoms. The fourth-order valence-corrected chi connectivity index (χ4v) is 4.52. The minimum absolute atomic E-state index is 0.202. The van der Waals surface area contributed by atoms with Gasteiger partial charge in [-0.05, 0) is 37.2 Å². The number of carbonyl (C=O) groups excluding carboxylic acids is 1. The highest BCUT2D eigenvalue weighted by atomic mass is 32.1. The van der Waals surface area contributed by atoms with Crippen LogP contribution in [0.5, 0.6) is 0 Å². The van der Waals surface area contributed by atoms with E-state index in [1.807, 2.05) is 16.3 Å². The van der Waals surface area contributed by atoms with Crippen LogP contribution in [0.25, 0.3) is 0 Å². The van der Waals surface area contributed by atoms with E-state index in [2.05, 4.69) is 12.6 Å². The topological polar surface area (TPSA) is 20.3 Å². The van der Waals surface area contributed by atoms with Crippen LogP contribution in [0, 0.1) is 5.41 Å². The van der Waals surface area contributed by atoms with Crippen LogP contribution in [0.2, 0.25) is 0 Å². The molecule has 1 amide bonds. The average Bonchev–Trinajstić information content (AvgIpc) is 3.00. The fraction of sp³-hybridized carbons (Fsp3) is 0.643. The van der Waals surface area contributed by atoms with E-state index < -0.39 is 0 Å². The Hall–Kier alpha value is -0.480. The minimum Gasteiger partial charge on any atom is -0.338 e. The summed E-state index contributed by atoms with van der Waals surface area (Å²) in [5, 5.41) is 1.93. The number of piperidine rings is 1. The Morgan fingerprint density at radius 1 is 1.22 bits per heavy atom. The lowest BCUT2D eigenvalue weighted by molar-refractivity contribution is 0.0592. The third kappa shape index (κ3) is 2.32. The number of hydrogen-bond donors (Lipinski definition) is 1. The summed E-state index contributed by atoms with van der Waals surface area (Å²) >= 11 is 5.78. The average molecular weight is 281 g/mol. The Bertz CT molecular complexity index is 438. The number of rotatable bonds is 1. The van der Waals surface area contributed by atoms with Gasteiger partial charge in [0.15, 0.2) is 0 Å². The Morgan fingerprint density at radius 3 is 2.44 bits per heavy atom. The molecule has 0 unspecified atom stereocenters. The molecule has 2 aliphatic rings. The zero-order chi connectivity index (χ0) is 12.6. The monoisotopic (exact) mass is 281 g/mol. The quantitative estimate of drug-likeness (QED) is 0.776. The van der Waals surface area contributed by atoms with E-state index in [1.165, 1.54) is 49.9 Å². The predicted molar refractivity (Wildman–Crippen MR) is 77.6 cm³/mol. The molecule has 98 valence electrons. The number of thiol groups is 1. The molecule has 2 nitrogen and oxygen atoms in total. The fourth-order valence-electron chi connectivity index (χ4n) is 3.40. The van der Waals surface area contributed by atoms with E-state index >= 15 is 0 Å². The number of thiophene rings is 1. The van der Waals surface area contributed by atoms with Crippen LogP contribution in [0.15, 0.2) is 16.3 Å². The van der Waals surface area contributed by atoms with Gasteiger partial charge in [-0.1, -0.05) is 12.8 Å². The Morgan fingerprint density at radius 2 is 1.89 bits per heavy atom. The van der Waals surface area contributed by atoms with Crippen molar-refractivity contribution >= 4 is 29.9 Å². The lowest BCUT2D eigenvalue weighted by atomic mass is 9.77. The predicted octanol–water partition coefficient (Wildman–Crippen LogP) is 3.83. The maximum absolute atomic E-state index is 12.3. The standard InChI is InChI=1S/C14H19NOS2/c16-13(12-9-11(17)10-18-12)15-7-5-14(6-8-15)3-1-2-4-14/h9-10,17H,1-8H2. The lowest BCUT2D eigenvalue weighted by Crippen LogP contribution is -2.42. The molecule has 2 heterocycles. The van der Waals surface area contributed by atoms with Gasteiger partial charge in [-0.15, -0.1) is 24.0 Å². The summed E-state index contributed by atoms with van der Waals surface area (Å²) in [4.78, 5) is 16.1. The smallest absolute Gasteiger partial charge is 0.263 e. The van der Waals surface area contributed by atoms with Gasteiger partial charge >= 0.3 is 0 Å². The molecule has 2 fully saturated rings. The highest BCUT2D eigenvalue weighted by Crippen LogP contribution is 2.46. The molecule has 1 saturated heterocycles. The Balaban J connectivity index is 1.64. The lowest BCUT2D eigenvalue weighted by Gasteiger charge is -2.39. The zero-order valence-corrected chi connectivity index (χ0v) is 12.2. The van der Waals surface area contributed by atoms with Crippen LogP contribution >= 0.6 is 24.0 Å². The normalized spacial score (nSPS) is 22.6. The van der Waals surface area contributed by atoms with Crippen LogP contribution in [-0.4, -0.2) is 23.9 Å². The van der Waals surface area contributed by atoms with Gasteiger partial charge < -0.3 is 4.90 Å². The first kappa shape index (κ1) is 12.5. The van der Waals surface area contributed by atoms with Crippen LogP contribution < -0.4 is 0 Å². The summed E-state index contributed by atoms with van der Waals surface area (Å²) in [6.45, 7) is 1.89. The van der Waals surface area contributed by atoms with E-state index in [9.17, 15) is 4.79 Å². The molecule has 4 heteroatoms. The molecule has 1 saturated carbocycles. The highest BCUT2D eigenvalue weighted by Gasteiger charge is 2.38. The largest absolute Gasteiger partial charge is 0.338 e. The molecule has 1 aromatic heterocycles. The Kier molecular flexibility index (Phi) is 3.41. The molecule has 0 bridgehead atoms. The van der Waals surface area contributed by atoms with Gasteiger partial charge in [-0.3, -0.25) is 4.79 Å². The number of likely N-dealkylation sites (tertiary alicyclic amines) is 1. The molecule has 0 radical (unpaired) electrons. The van der Waals surface area contributed by atoms with Crippen molar-refractivity contribution in [2.75, 3.05) is 13.1 Å². The van der Waals surface area contributed by atoms with Crippen molar-refractivity contribution in [3.63, 3.8) is 0 Å². The zero-order valence-electron chi connectivity index (χ0n) is 10.5. The van der Waals surface area contributed by atoms with Gasteiger partial charge in [0.1, 0.15) is 0 Å². The summed E-state index contributed by atoms with van der Waals surface area (Å²) in [5.41, 5.74) is 0.584. The third-order valence-corrected chi connectivity index (χ3v) is 5.92. The second kappa shape index (κ2) is 4.89. The molecule has 0 N–H and O–H groups in total. The summed E-state index contributed by atoms with van der Waals surface area (Å²) in [6.07, 6.45) is 7.96. The van der Waals surface area contributed by atoms with Crippen molar-refractivity contribution in [3.8, 4) is 0 Å². The van der Waals surface area contributed by atoms with E-state index in [0.717, 1.165) is 22.9 Å². The van der Waals surface area contributed by atoms with Crippen molar-refractivity contribution < 1.29 is 4.79 Å².